The van der Waals surface area contributed by atoms with Crippen LogP contribution in [0.4, 0.5) is 0 Å². The third-order valence-corrected chi connectivity index (χ3v) is 2.15. The SMILES string of the molecule is Cc1cc(Oc2ccc(C#N)cc2)nc(C)n1. The van der Waals surface area contributed by atoms with Crippen LogP contribution in [0.1, 0.15) is 17.1 Å². The van der Waals surface area contributed by atoms with E-state index < -0.39 is 0 Å². The lowest BCUT2D eigenvalue weighted by Crippen LogP contribution is -1.94. The molecule has 0 aliphatic carbocycles. The van der Waals surface area contributed by atoms with E-state index in [0.717, 1.165) is 5.69 Å². The van der Waals surface area contributed by atoms with Gasteiger partial charge in [0.15, 0.2) is 0 Å². The summed E-state index contributed by atoms with van der Waals surface area (Å²) in [7, 11) is 0. The van der Waals surface area contributed by atoms with Crippen LogP contribution >= 0.6 is 0 Å². The number of aromatic nitrogens is 2. The van der Waals surface area contributed by atoms with Crippen molar-refractivity contribution >= 4 is 0 Å². The van der Waals surface area contributed by atoms with Crippen molar-refractivity contribution < 1.29 is 4.74 Å². The van der Waals surface area contributed by atoms with Crippen LogP contribution in [0.2, 0.25) is 0 Å². The average molecular weight is 225 g/mol. The molecule has 2 rings (SSSR count). The van der Waals surface area contributed by atoms with Crippen LogP contribution in [0.3, 0.4) is 0 Å². The molecule has 0 N–H and O–H groups in total. The molecule has 0 aliphatic heterocycles. The fourth-order valence-corrected chi connectivity index (χ4v) is 1.45. The number of benzene rings is 1. The Morgan fingerprint density at radius 1 is 1.12 bits per heavy atom. The molecule has 0 saturated heterocycles. The van der Waals surface area contributed by atoms with E-state index in [-0.39, 0.29) is 0 Å². The van der Waals surface area contributed by atoms with Crippen molar-refractivity contribution in [3.63, 3.8) is 0 Å². The number of aryl methyl sites for hydroxylation is 2. The maximum atomic E-state index is 8.68. The molecule has 0 spiro atoms. The van der Waals surface area contributed by atoms with E-state index in [2.05, 4.69) is 16.0 Å². The maximum absolute atomic E-state index is 8.68. The number of rotatable bonds is 2. The summed E-state index contributed by atoms with van der Waals surface area (Å²) >= 11 is 0. The fourth-order valence-electron chi connectivity index (χ4n) is 1.45. The van der Waals surface area contributed by atoms with Crippen molar-refractivity contribution in [1.82, 2.24) is 9.97 Å². The molecule has 1 aromatic carbocycles. The van der Waals surface area contributed by atoms with Gasteiger partial charge in [0.25, 0.3) is 0 Å². The molecule has 1 heterocycles. The molecule has 0 unspecified atom stereocenters. The Kier molecular flexibility index (Phi) is 3.01. The fraction of sp³-hybridized carbons (Fsp3) is 0.154. The van der Waals surface area contributed by atoms with Crippen LogP contribution in [-0.4, -0.2) is 9.97 Å². The molecule has 0 aliphatic rings. The highest BCUT2D eigenvalue weighted by Gasteiger charge is 2.01. The highest BCUT2D eigenvalue weighted by molar-refractivity contribution is 5.36. The van der Waals surface area contributed by atoms with Crippen molar-refractivity contribution in [3.05, 3.63) is 47.4 Å². The summed E-state index contributed by atoms with van der Waals surface area (Å²) < 4.78 is 5.58. The van der Waals surface area contributed by atoms with Gasteiger partial charge in [0.1, 0.15) is 11.6 Å². The second-order valence-electron chi connectivity index (χ2n) is 3.63. The minimum Gasteiger partial charge on any atom is -0.439 e. The largest absolute Gasteiger partial charge is 0.439 e. The van der Waals surface area contributed by atoms with Gasteiger partial charge in [0.2, 0.25) is 5.88 Å². The number of hydrogen-bond donors (Lipinski definition) is 0. The minimum atomic E-state index is 0.514. The zero-order chi connectivity index (χ0) is 12.3. The molecule has 0 fully saturated rings. The molecule has 2 aromatic rings. The maximum Gasteiger partial charge on any atom is 0.222 e. The lowest BCUT2D eigenvalue weighted by Gasteiger charge is -2.05. The quantitative estimate of drug-likeness (QED) is 0.788. The van der Waals surface area contributed by atoms with Gasteiger partial charge in [-0.2, -0.15) is 10.2 Å². The number of hydrogen-bond acceptors (Lipinski definition) is 4. The zero-order valence-corrected chi connectivity index (χ0v) is 9.64. The molecular formula is C13H11N3O. The summed E-state index contributed by atoms with van der Waals surface area (Å²) in [6, 6.07) is 10.7. The first-order valence-corrected chi connectivity index (χ1v) is 5.17. The Labute approximate surface area is 99.5 Å². The molecule has 17 heavy (non-hydrogen) atoms. The Balaban J connectivity index is 2.22. The molecule has 4 nitrogen and oxygen atoms in total. The zero-order valence-electron chi connectivity index (χ0n) is 9.64. The Bertz CT molecular complexity index is 550. The Hall–Kier alpha value is -2.41. The topological polar surface area (TPSA) is 58.8 Å². The van der Waals surface area contributed by atoms with E-state index >= 15 is 0 Å². The normalized spacial score (nSPS) is 9.71. The van der Waals surface area contributed by atoms with Gasteiger partial charge in [-0.15, -0.1) is 0 Å². The molecule has 4 heteroatoms. The third-order valence-electron chi connectivity index (χ3n) is 2.15. The predicted molar refractivity (Wildman–Crippen MR) is 62.7 cm³/mol. The second-order valence-corrected chi connectivity index (χ2v) is 3.63. The van der Waals surface area contributed by atoms with Gasteiger partial charge >= 0.3 is 0 Å². The second kappa shape index (κ2) is 4.62. The average Bonchev–Trinajstić information content (AvgIpc) is 2.28. The van der Waals surface area contributed by atoms with Crippen LogP contribution in [0, 0.1) is 25.2 Å². The van der Waals surface area contributed by atoms with Crippen molar-refractivity contribution in [3.8, 4) is 17.7 Å². The van der Waals surface area contributed by atoms with Gasteiger partial charge in [-0.3, -0.25) is 0 Å². The monoisotopic (exact) mass is 225 g/mol. The predicted octanol–water partition coefficient (Wildman–Crippen LogP) is 2.76. The van der Waals surface area contributed by atoms with Crippen molar-refractivity contribution in [2.24, 2.45) is 0 Å². The van der Waals surface area contributed by atoms with Crippen LogP contribution in [-0.2, 0) is 0 Å². The van der Waals surface area contributed by atoms with E-state index in [0.29, 0.717) is 23.0 Å². The van der Waals surface area contributed by atoms with Crippen LogP contribution < -0.4 is 4.74 Å². The van der Waals surface area contributed by atoms with Crippen LogP contribution in [0.5, 0.6) is 11.6 Å². The van der Waals surface area contributed by atoms with E-state index in [1.54, 1.807) is 30.3 Å². The molecule has 1 aromatic heterocycles. The summed E-state index contributed by atoms with van der Waals surface area (Å²) in [5.41, 5.74) is 1.47. The van der Waals surface area contributed by atoms with Gasteiger partial charge in [-0.1, -0.05) is 0 Å². The highest BCUT2D eigenvalue weighted by atomic mass is 16.5. The first-order chi connectivity index (χ1) is 8.17. The minimum absolute atomic E-state index is 0.514. The van der Waals surface area contributed by atoms with Crippen molar-refractivity contribution in [1.29, 1.82) is 5.26 Å². The summed E-state index contributed by atoms with van der Waals surface area (Å²) in [6.45, 7) is 3.71. The van der Waals surface area contributed by atoms with E-state index in [1.807, 2.05) is 13.8 Å². The molecule has 0 amide bonds. The van der Waals surface area contributed by atoms with Crippen molar-refractivity contribution in [2.45, 2.75) is 13.8 Å². The Morgan fingerprint density at radius 3 is 2.41 bits per heavy atom. The van der Waals surface area contributed by atoms with Gasteiger partial charge < -0.3 is 4.74 Å². The summed E-state index contributed by atoms with van der Waals surface area (Å²) in [6.07, 6.45) is 0. The number of nitrogens with zero attached hydrogens (tertiary/aromatic N) is 3. The standard InChI is InChI=1S/C13H11N3O/c1-9-7-13(16-10(2)15-9)17-12-5-3-11(8-14)4-6-12/h3-7H,1-2H3. The highest BCUT2D eigenvalue weighted by Crippen LogP contribution is 2.20. The first kappa shape index (κ1) is 11.1. The van der Waals surface area contributed by atoms with Crippen LogP contribution in [0.15, 0.2) is 30.3 Å². The van der Waals surface area contributed by atoms with Gasteiger partial charge in [0, 0.05) is 11.8 Å². The Morgan fingerprint density at radius 2 is 1.82 bits per heavy atom. The molecule has 0 bridgehead atoms. The van der Waals surface area contributed by atoms with Crippen LogP contribution in [0.25, 0.3) is 0 Å². The molecule has 0 atom stereocenters. The molecule has 0 saturated carbocycles. The summed E-state index contributed by atoms with van der Waals surface area (Å²) in [5.74, 6) is 1.84. The summed E-state index contributed by atoms with van der Waals surface area (Å²) in [5, 5.41) is 8.68. The molecular weight excluding hydrogens is 214 g/mol. The lowest BCUT2D eigenvalue weighted by molar-refractivity contribution is 0.459. The third kappa shape index (κ3) is 2.79. The van der Waals surface area contributed by atoms with E-state index in [1.165, 1.54) is 0 Å². The smallest absolute Gasteiger partial charge is 0.222 e. The number of nitriles is 1. The molecule has 84 valence electrons. The summed E-state index contributed by atoms with van der Waals surface area (Å²) in [4.78, 5) is 8.34. The molecule has 0 radical (unpaired) electrons. The van der Waals surface area contributed by atoms with Gasteiger partial charge in [0.05, 0.1) is 11.6 Å². The first-order valence-electron chi connectivity index (χ1n) is 5.17. The lowest BCUT2D eigenvalue weighted by atomic mass is 10.2. The van der Waals surface area contributed by atoms with Gasteiger partial charge in [-0.05, 0) is 38.1 Å². The van der Waals surface area contributed by atoms with Crippen molar-refractivity contribution in [2.75, 3.05) is 0 Å². The number of ether oxygens (including phenoxy) is 1. The van der Waals surface area contributed by atoms with E-state index in [9.17, 15) is 0 Å². The van der Waals surface area contributed by atoms with E-state index in [4.69, 9.17) is 10.00 Å². The van der Waals surface area contributed by atoms with Gasteiger partial charge in [-0.25, -0.2) is 4.98 Å².